The third kappa shape index (κ3) is 2.20. The molecule has 0 N–H and O–H groups in total. The molecule has 0 bridgehead atoms. The minimum absolute atomic E-state index is 0.170. The minimum Gasteiger partial charge on any atom is -0.497 e. The molecule has 0 aliphatic carbocycles. The fourth-order valence-electron chi connectivity index (χ4n) is 2.17. The van der Waals surface area contributed by atoms with Crippen LogP contribution in [0, 0.1) is 0 Å². The molecule has 0 fully saturated rings. The van der Waals surface area contributed by atoms with Crippen molar-refractivity contribution < 1.29 is 13.9 Å². The molecule has 1 aromatic heterocycles. The number of fused-ring (bicyclic) bond motifs is 1. The molecule has 3 rings (SSSR count). The van der Waals surface area contributed by atoms with Crippen LogP contribution in [0.2, 0.25) is 0 Å². The summed E-state index contributed by atoms with van der Waals surface area (Å²) in [6.07, 6.45) is 0. The predicted molar refractivity (Wildman–Crippen MR) is 79.5 cm³/mol. The third-order valence-electron chi connectivity index (χ3n) is 3.27. The number of rotatable bonds is 2. The van der Waals surface area contributed by atoms with Crippen molar-refractivity contribution in [2.45, 2.75) is 0 Å². The molecule has 0 aliphatic heterocycles. The van der Waals surface area contributed by atoms with Gasteiger partial charge < -0.3 is 9.15 Å². The molecule has 1 heterocycles. The summed E-state index contributed by atoms with van der Waals surface area (Å²) in [4.78, 5) is 36.2. The van der Waals surface area contributed by atoms with E-state index < -0.39 is 17.3 Å². The number of nitrogens with zero attached hydrogens (tertiary/aromatic N) is 1. The van der Waals surface area contributed by atoms with E-state index in [2.05, 4.69) is 4.42 Å². The number of methoxy groups -OCH3 is 1. The molecule has 6 nitrogen and oxygen atoms in total. The Kier molecular flexibility index (Phi) is 3.34. The molecule has 2 aromatic carbocycles. The van der Waals surface area contributed by atoms with Crippen LogP contribution >= 0.6 is 0 Å². The maximum Gasteiger partial charge on any atom is 0.429 e. The second kappa shape index (κ2) is 5.33. The van der Waals surface area contributed by atoms with E-state index in [0.29, 0.717) is 5.75 Å². The Balaban J connectivity index is 2.23. The Labute approximate surface area is 124 Å². The standard InChI is InChI=1S/C16H11NO5/c1-21-11-8-6-10(7-9-11)14(18)17-13-5-3-2-4-12(13)15(19)22-16(17)20/h2-9H,1H3. The van der Waals surface area contributed by atoms with Crippen LogP contribution in [-0.2, 0) is 0 Å². The lowest BCUT2D eigenvalue weighted by molar-refractivity contribution is 0.0951. The van der Waals surface area contributed by atoms with E-state index in [1.54, 1.807) is 24.3 Å². The van der Waals surface area contributed by atoms with Gasteiger partial charge in [-0.25, -0.2) is 14.2 Å². The molecule has 0 amide bonds. The molecule has 0 saturated carbocycles. The highest BCUT2D eigenvalue weighted by atomic mass is 16.5. The molecule has 6 heteroatoms. The van der Waals surface area contributed by atoms with Crippen LogP contribution in [0.4, 0.5) is 0 Å². The quantitative estimate of drug-likeness (QED) is 0.718. The van der Waals surface area contributed by atoms with Gasteiger partial charge in [-0.2, -0.15) is 0 Å². The number of aromatic nitrogens is 1. The second-order valence-electron chi connectivity index (χ2n) is 4.54. The summed E-state index contributed by atoms with van der Waals surface area (Å²) in [5.41, 5.74) is -0.272. The number of ether oxygens (including phenoxy) is 1. The number of carbonyl (C=O) groups is 1. The first-order valence-electron chi connectivity index (χ1n) is 6.45. The molecule has 0 unspecified atom stereocenters. The lowest BCUT2D eigenvalue weighted by Gasteiger charge is -2.07. The van der Waals surface area contributed by atoms with Gasteiger partial charge in [0.15, 0.2) is 0 Å². The SMILES string of the molecule is COc1ccc(C(=O)n2c(=O)oc(=O)c3ccccc32)cc1. The minimum atomic E-state index is -1.01. The van der Waals surface area contributed by atoms with Gasteiger partial charge in [0.2, 0.25) is 0 Å². The van der Waals surface area contributed by atoms with Crippen LogP contribution in [0.3, 0.4) is 0 Å². The van der Waals surface area contributed by atoms with E-state index in [4.69, 9.17) is 4.74 Å². The van der Waals surface area contributed by atoms with Gasteiger partial charge in [0, 0.05) is 5.56 Å². The summed E-state index contributed by atoms with van der Waals surface area (Å²) >= 11 is 0. The topological polar surface area (TPSA) is 78.5 Å². The van der Waals surface area contributed by atoms with E-state index >= 15 is 0 Å². The van der Waals surface area contributed by atoms with Gasteiger partial charge in [-0.05, 0) is 36.4 Å². The highest BCUT2D eigenvalue weighted by molar-refractivity contribution is 6.00. The lowest BCUT2D eigenvalue weighted by atomic mass is 10.2. The number of para-hydroxylation sites is 1. The first-order chi connectivity index (χ1) is 10.6. The summed E-state index contributed by atoms with van der Waals surface area (Å²) in [6.45, 7) is 0. The van der Waals surface area contributed by atoms with Crippen molar-refractivity contribution in [3.8, 4) is 5.75 Å². The Bertz CT molecular complexity index is 966. The normalized spacial score (nSPS) is 10.6. The third-order valence-corrected chi connectivity index (χ3v) is 3.27. The number of carbonyl (C=O) groups excluding carboxylic acids is 1. The van der Waals surface area contributed by atoms with Crippen molar-refractivity contribution in [2.24, 2.45) is 0 Å². The number of hydrogen-bond donors (Lipinski definition) is 0. The average molecular weight is 297 g/mol. The Morgan fingerprint density at radius 2 is 1.73 bits per heavy atom. The van der Waals surface area contributed by atoms with Gasteiger partial charge in [-0.1, -0.05) is 12.1 Å². The molecule has 0 spiro atoms. The highest BCUT2D eigenvalue weighted by Crippen LogP contribution is 2.14. The van der Waals surface area contributed by atoms with Crippen molar-refractivity contribution in [3.63, 3.8) is 0 Å². The number of hydrogen-bond acceptors (Lipinski definition) is 5. The summed E-state index contributed by atoms with van der Waals surface area (Å²) in [7, 11) is 1.51. The van der Waals surface area contributed by atoms with Crippen LogP contribution in [-0.4, -0.2) is 17.6 Å². The van der Waals surface area contributed by atoms with Crippen molar-refractivity contribution in [1.82, 2.24) is 4.57 Å². The van der Waals surface area contributed by atoms with Crippen molar-refractivity contribution in [3.05, 3.63) is 75.1 Å². The van der Waals surface area contributed by atoms with Gasteiger partial charge in [0.25, 0.3) is 5.91 Å². The Morgan fingerprint density at radius 1 is 1.05 bits per heavy atom. The van der Waals surface area contributed by atoms with Crippen LogP contribution in [0.5, 0.6) is 5.75 Å². The molecule has 3 aromatic rings. The second-order valence-corrected chi connectivity index (χ2v) is 4.54. The fourth-order valence-corrected chi connectivity index (χ4v) is 2.17. The first-order valence-corrected chi connectivity index (χ1v) is 6.45. The highest BCUT2D eigenvalue weighted by Gasteiger charge is 2.17. The van der Waals surface area contributed by atoms with Crippen LogP contribution in [0.1, 0.15) is 10.4 Å². The van der Waals surface area contributed by atoms with Crippen molar-refractivity contribution in [2.75, 3.05) is 7.11 Å². The predicted octanol–water partition coefficient (Wildman–Crippen LogP) is 1.65. The maximum atomic E-state index is 12.6. The average Bonchev–Trinajstić information content (AvgIpc) is 2.55. The van der Waals surface area contributed by atoms with Gasteiger partial charge in [0.05, 0.1) is 18.0 Å². The first kappa shape index (κ1) is 13.8. The van der Waals surface area contributed by atoms with E-state index in [9.17, 15) is 14.4 Å². The van der Waals surface area contributed by atoms with Gasteiger partial charge in [-0.15, -0.1) is 0 Å². The summed E-state index contributed by atoms with van der Waals surface area (Å²) in [6, 6.07) is 12.6. The van der Waals surface area contributed by atoms with Crippen LogP contribution in [0.15, 0.2) is 62.5 Å². The zero-order valence-electron chi connectivity index (χ0n) is 11.6. The summed E-state index contributed by atoms with van der Waals surface area (Å²) in [5, 5.41) is 0.170. The summed E-state index contributed by atoms with van der Waals surface area (Å²) < 4.78 is 10.5. The van der Waals surface area contributed by atoms with Gasteiger partial charge >= 0.3 is 11.4 Å². The molecule has 0 aliphatic rings. The molecule has 110 valence electrons. The van der Waals surface area contributed by atoms with Crippen LogP contribution in [0.25, 0.3) is 10.9 Å². The molecular weight excluding hydrogens is 286 g/mol. The van der Waals surface area contributed by atoms with E-state index in [0.717, 1.165) is 4.57 Å². The molecule has 22 heavy (non-hydrogen) atoms. The molecule has 0 radical (unpaired) electrons. The van der Waals surface area contributed by atoms with Gasteiger partial charge in [0.1, 0.15) is 5.75 Å². The van der Waals surface area contributed by atoms with E-state index in [1.165, 1.54) is 31.4 Å². The van der Waals surface area contributed by atoms with E-state index in [-0.39, 0.29) is 16.5 Å². The zero-order chi connectivity index (χ0) is 15.7. The number of benzene rings is 2. The van der Waals surface area contributed by atoms with Crippen molar-refractivity contribution in [1.29, 1.82) is 0 Å². The van der Waals surface area contributed by atoms with Crippen molar-refractivity contribution >= 4 is 16.8 Å². The lowest BCUT2D eigenvalue weighted by Crippen LogP contribution is -2.30. The molecule has 0 saturated heterocycles. The zero-order valence-corrected chi connectivity index (χ0v) is 11.6. The largest absolute Gasteiger partial charge is 0.497 e. The smallest absolute Gasteiger partial charge is 0.429 e. The molecule has 0 atom stereocenters. The Morgan fingerprint density at radius 3 is 2.41 bits per heavy atom. The Hall–Kier alpha value is -3.15. The van der Waals surface area contributed by atoms with E-state index in [1.807, 2.05) is 0 Å². The summed E-state index contributed by atoms with van der Waals surface area (Å²) in [5.74, 6) is -0.995. The maximum absolute atomic E-state index is 12.6. The van der Waals surface area contributed by atoms with Crippen LogP contribution < -0.4 is 16.1 Å². The fraction of sp³-hybridized carbons (Fsp3) is 0.0625. The van der Waals surface area contributed by atoms with Gasteiger partial charge in [-0.3, -0.25) is 4.79 Å². The monoisotopic (exact) mass is 297 g/mol. The molecular formula is C16H11NO5.